The fourth-order valence-corrected chi connectivity index (χ4v) is 1.81. The van der Waals surface area contributed by atoms with Gasteiger partial charge in [0.05, 0.1) is 16.6 Å². The minimum Gasteiger partial charge on any atom is -0.364 e. The lowest BCUT2D eigenvalue weighted by molar-refractivity contribution is -0.116. The summed E-state index contributed by atoms with van der Waals surface area (Å²) < 4.78 is 0. The van der Waals surface area contributed by atoms with Crippen LogP contribution < -0.4 is 5.32 Å². The smallest absolute Gasteiger partial charge is 0.244 e. The third kappa shape index (κ3) is 4.16. The third-order valence-corrected chi connectivity index (χ3v) is 3.23. The molecular weight excluding hydrogens is 283 g/mol. The van der Waals surface area contributed by atoms with Gasteiger partial charge in [0.25, 0.3) is 0 Å². The predicted molar refractivity (Wildman–Crippen MR) is 78.1 cm³/mol. The molecule has 0 atom stereocenters. The lowest BCUT2D eigenvalue weighted by Crippen LogP contribution is -2.20. The number of aromatic nitrogens is 1. The van der Waals surface area contributed by atoms with E-state index < -0.39 is 0 Å². The molecule has 1 aromatic heterocycles. The number of nitrogens with one attached hydrogen (secondary N) is 2. The van der Waals surface area contributed by atoms with Gasteiger partial charge in [0.1, 0.15) is 0 Å². The average Bonchev–Trinajstić information content (AvgIpc) is 2.91. The monoisotopic (exact) mass is 294 g/mol. The second-order valence-electron chi connectivity index (χ2n) is 3.92. The SMILES string of the molecule is O=C(/C=C\c1ccc(Cl)c(Cl)c1)NCc1ccc[nH]1. The Bertz CT molecular complexity index is 591. The number of hydrogen-bond donors (Lipinski definition) is 2. The molecule has 0 radical (unpaired) electrons. The molecule has 0 fully saturated rings. The van der Waals surface area contributed by atoms with E-state index in [0.29, 0.717) is 16.6 Å². The summed E-state index contributed by atoms with van der Waals surface area (Å²) in [5.41, 5.74) is 1.78. The van der Waals surface area contributed by atoms with Crippen molar-refractivity contribution in [1.82, 2.24) is 10.3 Å². The van der Waals surface area contributed by atoms with Crippen LogP contribution in [0.5, 0.6) is 0 Å². The van der Waals surface area contributed by atoms with Gasteiger partial charge in [-0.05, 0) is 35.9 Å². The first kappa shape index (κ1) is 13.7. The molecule has 0 saturated carbocycles. The highest BCUT2D eigenvalue weighted by Crippen LogP contribution is 2.22. The van der Waals surface area contributed by atoms with Crippen molar-refractivity contribution in [1.29, 1.82) is 0 Å². The van der Waals surface area contributed by atoms with Gasteiger partial charge in [0, 0.05) is 18.0 Å². The first-order valence-corrected chi connectivity index (χ1v) is 6.44. The first-order chi connectivity index (χ1) is 9.15. The summed E-state index contributed by atoms with van der Waals surface area (Å²) >= 11 is 11.7. The summed E-state index contributed by atoms with van der Waals surface area (Å²) in [4.78, 5) is 14.6. The highest BCUT2D eigenvalue weighted by Gasteiger charge is 1.99. The highest BCUT2D eigenvalue weighted by molar-refractivity contribution is 6.42. The van der Waals surface area contributed by atoms with E-state index in [1.165, 1.54) is 6.08 Å². The molecule has 0 aliphatic heterocycles. The van der Waals surface area contributed by atoms with E-state index in [9.17, 15) is 4.79 Å². The van der Waals surface area contributed by atoms with Crippen LogP contribution in [0.2, 0.25) is 10.0 Å². The van der Waals surface area contributed by atoms with Crippen LogP contribution in [0, 0.1) is 0 Å². The lowest BCUT2D eigenvalue weighted by atomic mass is 10.2. The zero-order valence-electron chi connectivity index (χ0n) is 9.99. The van der Waals surface area contributed by atoms with Crippen molar-refractivity contribution >= 4 is 35.2 Å². The van der Waals surface area contributed by atoms with Gasteiger partial charge in [-0.25, -0.2) is 0 Å². The molecule has 1 aromatic carbocycles. The predicted octanol–water partition coefficient (Wildman–Crippen LogP) is 3.65. The Balaban J connectivity index is 1.90. The number of rotatable bonds is 4. The minimum absolute atomic E-state index is 0.166. The van der Waals surface area contributed by atoms with Crippen LogP contribution in [0.25, 0.3) is 6.08 Å². The van der Waals surface area contributed by atoms with E-state index in [4.69, 9.17) is 23.2 Å². The number of halogens is 2. The number of H-pyrrole nitrogens is 1. The van der Waals surface area contributed by atoms with Crippen LogP contribution in [0.4, 0.5) is 0 Å². The van der Waals surface area contributed by atoms with Crippen molar-refractivity contribution in [2.75, 3.05) is 0 Å². The molecule has 1 heterocycles. The van der Waals surface area contributed by atoms with E-state index >= 15 is 0 Å². The van der Waals surface area contributed by atoms with Crippen molar-refractivity contribution < 1.29 is 4.79 Å². The number of aromatic amines is 1. The Kier molecular flexibility index (Phi) is 4.66. The molecule has 1 amide bonds. The van der Waals surface area contributed by atoms with Gasteiger partial charge < -0.3 is 10.3 Å². The van der Waals surface area contributed by atoms with Crippen LogP contribution in [0.3, 0.4) is 0 Å². The van der Waals surface area contributed by atoms with Crippen LogP contribution in [0.15, 0.2) is 42.6 Å². The van der Waals surface area contributed by atoms with Gasteiger partial charge in [-0.2, -0.15) is 0 Å². The van der Waals surface area contributed by atoms with Crippen molar-refractivity contribution in [3.8, 4) is 0 Å². The molecule has 0 saturated heterocycles. The summed E-state index contributed by atoms with van der Waals surface area (Å²) in [5.74, 6) is -0.166. The van der Waals surface area contributed by atoms with Crippen molar-refractivity contribution in [3.05, 3.63) is 63.9 Å². The molecule has 0 aliphatic rings. The number of hydrogen-bond acceptors (Lipinski definition) is 1. The van der Waals surface area contributed by atoms with Crippen molar-refractivity contribution in [2.45, 2.75) is 6.54 Å². The Labute approximate surface area is 121 Å². The van der Waals surface area contributed by atoms with Crippen LogP contribution in [-0.2, 0) is 11.3 Å². The molecule has 2 N–H and O–H groups in total. The van der Waals surface area contributed by atoms with Crippen molar-refractivity contribution in [2.24, 2.45) is 0 Å². The maximum Gasteiger partial charge on any atom is 0.244 e. The summed E-state index contributed by atoms with van der Waals surface area (Å²) in [7, 11) is 0. The molecule has 5 heteroatoms. The highest BCUT2D eigenvalue weighted by atomic mass is 35.5. The van der Waals surface area contributed by atoms with E-state index in [-0.39, 0.29) is 5.91 Å². The molecule has 19 heavy (non-hydrogen) atoms. The van der Waals surface area contributed by atoms with Crippen LogP contribution >= 0.6 is 23.2 Å². The van der Waals surface area contributed by atoms with Gasteiger partial charge in [-0.15, -0.1) is 0 Å². The maximum absolute atomic E-state index is 11.6. The van der Waals surface area contributed by atoms with Gasteiger partial charge in [0.15, 0.2) is 0 Å². The molecule has 98 valence electrons. The van der Waals surface area contributed by atoms with Gasteiger partial charge in [-0.3, -0.25) is 4.79 Å². The largest absolute Gasteiger partial charge is 0.364 e. The molecule has 2 aromatic rings. The molecule has 0 bridgehead atoms. The van der Waals surface area contributed by atoms with Crippen LogP contribution in [0.1, 0.15) is 11.3 Å². The normalized spacial score (nSPS) is 10.8. The maximum atomic E-state index is 11.6. The van der Waals surface area contributed by atoms with Crippen molar-refractivity contribution in [3.63, 3.8) is 0 Å². The van der Waals surface area contributed by atoms with Gasteiger partial charge >= 0.3 is 0 Å². The fourth-order valence-electron chi connectivity index (χ4n) is 1.51. The topological polar surface area (TPSA) is 44.9 Å². The first-order valence-electron chi connectivity index (χ1n) is 5.68. The molecule has 0 unspecified atom stereocenters. The summed E-state index contributed by atoms with van der Waals surface area (Å²) in [5, 5.41) is 3.73. The molecule has 2 rings (SSSR count). The molecular formula is C14H12Cl2N2O. The fraction of sp³-hybridized carbons (Fsp3) is 0.0714. The second-order valence-corrected chi connectivity index (χ2v) is 4.73. The van der Waals surface area contributed by atoms with Gasteiger partial charge in [0.2, 0.25) is 5.91 Å². The van der Waals surface area contributed by atoms with E-state index in [1.54, 1.807) is 24.3 Å². The number of carbonyl (C=O) groups excluding carboxylic acids is 1. The van der Waals surface area contributed by atoms with E-state index in [1.807, 2.05) is 18.3 Å². The number of carbonyl (C=O) groups is 1. The molecule has 0 aliphatic carbocycles. The average molecular weight is 295 g/mol. The van der Waals surface area contributed by atoms with Crippen LogP contribution in [-0.4, -0.2) is 10.9 Å². The third-order valence-electron chi connectivity index (χ3n) is 2.49. The molecule has 0 spiro atoms. The summed E-state index contributed by atoms with van der Waals surface area (Å²) in [6.07, 6.45) is 4.96. The van der Waals surface area contributed by atoms with E-state index in [0.717, 1.165) is 11.3 Å². The Hall–Kier alpha value is -1.71. The zero-order valence-corrected chi connectivity index (χ0v) is 11.5. The zero-order chi connectivity index (χ0) is 13.7. The minimum atomic E-state index is -0.166. The molecule has 3 nitrogen and oxygen atoms in total. The van der Waals surface area contributed by atoms with Gasteiger partial charge in [-0.1, -0.05) is 29.3 Å². The lowest BCUT2D eigenvalue weighted by Gasteiger charge is -2.00. The quantitative estimate of drug-likeness (QED) is 0.831. The standard InChI is InChI=1S/C14H12Cl2N2O/c15-12-5-3-10(8-13(12)16)4-6-14(19)18-9-11-2-1-7-17-11/h1-8,17H,9H2,(H,18,19)/b6-4-. The number of amides is 1. The Morgan fingerprint density at radius 1 is 1.26 bits per heavy atom. The summed E-state index contributed by atoms with van der Waals surface area (Å²) in [6.45, 7) is 0.470. The number of benzene rings is 1. The second kappa shape index (κ2) is 6.45. The Morgan fingerprint density at radius 2 is 2.11 bits per heavy atom. The Morgan fingerprint density at radius 3 is 2.79 bits per heavy atom. The summed E-state index contributed by atoms with van der Waals surface area (Å²) in [6, 6.07) is 8.98. The van der Waals surface area contributed by atoms with E-state index in [2.05, 4.69) is 10.3 Å².